The van der Waals surface area contributed by atoms with Crippen molar-refractivity contribution in [1.82, 2.24) is 0 Å². The summed E-state index contributed by atoms with van der Waals surface area (Å²) in [4.78, 5) is 12.3. The van der Waals surface area contributed by atoms with Crippen molar-refractivity contribution in [2.75, 3.05) is 26.1 Å². The Morgan fingerprint density at radius 2 is 1.77 bits per heavy atom. The molecule has 0 unspecified atom stereocenters. The second kappa shape index (κ2) is 8.10. The number of amides is 1. The molecule has 0 radical (unpaired) electrons. The van der Waals surface area contributed by atoms with Crippen LogP contribution in [0.3, 0.4) is 0 Å². The molecule has 0 saturated heterocycles. The molecule has 0 spiro atoms. The minimum atomic E-state index is -0.295. The number of carbonyl (C=O) groups excluding carboxylic acids is 1. The minimum Gasteiger partial charge on any atom is -0.497 e. The maximum atomic E-state index is 12.3. The lowest BCUT2D eigenvalue weighted by atomic mass is 10.1. The average Bonchev–Trinajstić information content (AvgIpc) is 2.67. The Balaban J connectivity index is 1.71. The van der Waals surface area contributed by atoms with Crippen molar-refractivity contribution in [3.8, 4) is 17.2 Å². The van der Waals surface area contributed by atoms with Gasteiger partial charge in [0.25, 0.3) is 5.91 Å². The molecule has 5 nitrogen and oxygen atoms in total. The Hall–Kier alpha value is -2.73. The SMILES string of the molecule is COc1ccc(OC)c(NC(=O)COc2ccc3ccccc3c2Br)c1. The van der Waals surface area contributed by atoms with Gasteiger partial charge < -0.3 is 19.5 Å². The molecule has 0 saturated carbocycles. The first-order valence-corrected chi connectivity index (χ1v) is 8.73. The molecule has 0 aliphatic carbocycles. The van der Waals surface area contributed by atoms with Crippen LogP contribution in [0.1, 0.15) is 0 Å². The van der Waals surface area contributed by atoms with Gasteiger partial charge in [-0.3, -0.25) is 4.79 Å². The topological polar surface area (TPSA) is 56.8 Å². The normalized spacial score (nSPS) is 10.4. The molecule has 0 fully saturated rings. The number of hydrogen-bond acceptors (Lipinski definition) is 4. The van der Waals surface area contributed by atoms with Gasteiger partial charge in [-0.1, -0.05) is 30.3 Å². The highest BCUT2D eigenvalue weighted by Gasteiger charge is 2.12. The van der Waals surface area contributed by atoms with Gasteiger partial charge >= 0.3 is 0 Å². The smallest absolute Gasteiger partial charge is 0.262 e. The zero-order valence-corrected chi connectivity index (χ0v) is 16.0. The number of methoxy groups -OCH3 is 2. The van der Waals surface area contributed by atoms with E-state index >= 15 is 0 Å². The third-order valence-electron chi connectivity index (χ3n) is 3.87. The summed E-state index contributed by atoms with van der Waals surface area (Å²) in [6.45, 7) is -0.128. The van der Waals surface area contributed by atoms with Crippen molar-refractivity contribution in [2.24, 2.45) is 0 Å². The molecule has 0 heterocycles. The van der Waals surface area contributed by atoms with Gasteiger partial charge in [0, 0.05) is 6.07 Å². The van der Waals surface area contributed by atoms with Crippen LogP contribution >= 0.6 is 15.9 Å². The number of hydrogen-bond donors (Lipinski definition) is 1. The molecule has 0 aliphatic heterocycles. The molecular weight excluding hydrogens is 398 g/mol. The van der Waals surface area contributed by atoms with Crippen molar-refractivity contribution in [1.29, 1.82) is 0 Å². The molecule has 1 amide bonds. The third kappa shape index (κ3) is 3.91. The Morgan fingerprint density at radius 1 is 1.00 bits per heavy atom. The van der Waals surface area contributed by atoms with E-state index in [1.165, 1.54) is 0 Å². The highest BCUT2D eigenvalue weighted by atomic mass is 79.9. The van der Waals surface area contributed by atoms with E-state index in [9.17, 15) is 4.79 Å². The number of anilines is 1. The first-order chi connectivity index (χ1) is 12.6. The summed E-state index contributed by atoms with van der Waals surface area (Å²) in [6, 6.07) is 16.9. The van der Waals surface area contributed by atoms with Crippen LogP contribution in [0, 0.1) is 0 Å². The fourth-order valence-electron chi connectivity index (χ4n) is 2.57. The summed E-state index contributed by atoms with van der Waals surface area (Å²) in [5.74, 6) is 1.48. The molecule has 134 valence electrons. The summed E-state index contributed by atoms with van der Waals surface area (Å²) in [5, 5.41) is 4.90. The zero-order chi connectivity index (χ0) is 18.5. The molecule has 0 aliphatic rings. The molecule has 3 aromatic carbocycles. The first kappa shape index (κ1) is 18.1. The van der Waals surface area contributed by atoms with Gasteiger partial charge in [0.15, 0.2) is 6.61 Å². The summed E-state index contributed by atoms with van der Waals surface area (Å²) >= 11 is 3.55. The molecular formula is C20H18BrNO4. The van der Waals surface area contributed by atoms with Gasteiger partial charge in [0.05, 0.1) is 24.4 Å². The molecule has 1 N–H and O–H groups in total. The zero-order valence-electron chi connectivity index (χ0n) is 14.4. The van der Waals surface area contributed by atoms with Gasteiger partial charge in [-0.25, -0.2) is 0 Å². The predicted octanol–water partition coefficient (Wildman–Crippen LogP) is 4.64. The van der Waals surface area contributed by atoms with Gasteiger partial charge in [0.1, 0.15) is 17.2 Å². The largest absolute Gasteiger partial charge is 0.497 e. The molecule has 0 bridgehead atoms. The maximum Gasteiger partial charge on any atom is 0.262 e. The van der Waals surface area contributed by atoms with E-state index in [1.807, 2.05) is 36.4 Å². The Kier molecular flexibility index (Phi) is 5.63. The lowest BCUT2D eigenvalue weighted by Gasteiger charge is -2.13. The molecule has 3 aromatic rings. The molecule has 6 heteroatoms. The second-order valence-corrected chi connectivity index (χ2v) is 6.29. The van der Waals surface area contributed by atoms with E-state index in [0.717, 1.165) is 15.2 Å². The van der Waals surface area contributed by atoms with Crippen LogP contribution in [0.15, 0.2) is 59.1 Å². The number of halogens is 1. The number of rotatable bonds is 6. The van der Waals surface area contributed by atoms with Crippen molar-refractivity contribution >= 4 is 38.3 Å². The number of benzene rings is 3. The van der Waals surface area contributed by atoms with Gasteiger partial charge in [-0.05, 0) is 44.9 Å². The van der Waals surface area contributed by atoms with Gasteiger partial charge in [-0.15, -0.1) is 0 Å². The second-order valence-electron chi connectivity index (χ2n) is 5.50. The van der Waals surface area contributed by atoms with Crippen LogP contribution in [0.4, 0.5) is 5.69 Å². The number of carbonyl (C=O) groups is 1. The van der Waals surface area contributed by atoms with E-state index in [-0.39, 0.29) is 12.5 Å². The molecule has 0 aromatic heterocycles. The van der Waals surface area contributed by atoms with Crippen molar-refractivity contribution in [3.05, 3.63) is 59.1 Å². The summed E-state index contributed by atoms with van der Waals surface area (Å²) < 4.78 is 16.9. The number of fused-ring (bicyclic) bond motifs is 1. The molecule has 3 rings (SSSR count). The molecule has 26 heavy (non-hydrogen) atoms. The Labute approximate surface area is 160 Å². The summed E-state index contributed by atoms with van der Waals surface area (Å²) in [6.07, 6.45) is 0. The van der Waals surface area contributed by atoms with E-state index in [0.29, 0.717) is 22.9 Å². The van der Waals surface area contributed by atoms with Crippen LogP contribution in [0.25, 0.3) is 10.8 Å². The summed E-state index contributed by atoms with van der Waals surface area (Å²) in [5.41, 5.74) is 0.526. The first-order valence-electron chi connectivity index (χ1n) is 7.94. The van der Waals surface area contributed by atoms with Crippen LogP contribution in [0.5, 0.6) is 17.2 Å². The van der Waals surface area contributed by atoms with Gasteiger partial charge in [0.2, 0.25) is 0 Å². The number of nitrogens with one attached hydrogen (secondary N) is 1. The van der Waals surface area contributed by atoms with E-state index in [2.05, 4.69) is 21.2 Å². The van der Waals surface area contributed by atoms with Crippen LogP contribution in [0.2, 0.25) is 0 Å². The monoisotopic (exact) mass is 415 g/mol. The van der Waals surface area contributed by atoms with Crippen LogP contribution < -0.4 is 19.5 Å². The molecule has 0 atom stereocenters. The Morgan fingerprint density at radius 3 is 2.54 bits per heavy atom. The van der Waals surface area contributed by atoms with Crippen molar-refractivity contribution in [2.45, 2.75) is 0 Å². The summed E-state index contributed by atoms with van der Waals surface area (Å²) in [7, 11) is 3.11. The maximum absolute atomic E-state index is 12.3. The minimum absolute atomic E-state index is 0.128. The standard InChI is InChI=1S/C20H18BrNO4/c1-24-14-8-10-17(25-2)16(11-14)22-19(23)12-26-18-9-7-13-5-3-4-6-15(13)20(18)21/h3-11H,12H2,1-2H3,(H,22,23). The lowest BCUT2D eigenvalue weighted by molar-refractivity contribution is -0.118. The van der Waals surface area contributed by atoms with Crippen LogP contribution in [-0.4, -0.2) is 26.7 Å². The lowest BCUT2D eigenvalue weighted by Crippen LogP contribution is -2.20. The fourth-order valence-corrected chi connectivity index (χ4v) is 3.17. The van der Waals surface area contributed by atoms with E-state index in [4.69, 9.17) is 14.2 Å². The van der Waals surface area contributed by atoms with Crippen LogP contribution in [-0.2, 0) is 4.79 Å². The highest BCUT2D eigenvalue weighted by Crippen LogP contribution is 2.33. The van der Waals surface area contributed by atoms with Crippen molar-refractivity contribution in [3.63, 3.8) is 0 Å². The van der Waals surface area contributed by atoms with E-state index < -0.39 is 0 Å². The van der Waals surface area contributed by atoms with Crippen molar-refractivity contribution < 1.29 is 19.0 Å². The third-order valence-corrected chi connectivity index (χ3v) is 4.69. The Bertz CT molecular complexity index is 942. The van der Waals surface area contributed by atoms with E-state index in [1.54, 1.807) is 32.4 Å². The number of ether oxygens (including phenoxy) is 3. The highest BCUT2D eigenvalue weighted by molar-refractivity contribution is 9.10. The fraction of sp³-hybridized carbons (Fsp3) is 0.150. The average molecular weight is 416 g/mol. The quantitative estimate of drug-likeness (QED) is 0.637. The predicted molar refractivity (Wildman–Crippen MR) is 105 cm³/mol. The van der Waals surface area contributed by atoms with Gasteiger partial charge in [-0.2, -0.15) is 0 Å².